The van der Waals surface area contributed by atoms with E-state index in [-0.39, 0.29) is 5.78 Å². The summed E-state index contributed by atoms with van der Waals surface area (Å²) in [5.41, 5.74) is 0.546. The standard InChI is InChI=1S/C8H8O3S/c1-6(9)7-2-4-8(5-3-7)12(10)11/h2-5H,1H3,(H,10,11). The SMILES string of the molecule is CC(=O)c1ccc(S(=O)O)cc1. The predicted molar refractivity (Wildman–Crippen MR) is 45.5 cm³/mol. The molecule has 1 aromatic carbocycles. The highest BCUT2D eigenvalue weighted by molar-refractivity contribution is 7.79. The molecule has 0 aliphatic carbocycles. The number of hydrogen-bond donors (Lipinski definition) is 1. The zero-order valence-electron chi connectivity index (χ0n) is 6.48. The number of Topliss-reactive ketones (excluding diaryl/α,β-unsaturated/α-hetero) is 1. The minimum Gasteiger partial charge on any atom is -0.302 e. The van der Waals surface area contributed by atoms with Crippen LogP contribution in [-0.4, -0.2) is 14.5 Å². The van der Waals surface area contributed by atoms with E-state index in [9.17, 15) is 9.00 Å². The molecule has 0 saturated carbocycles. The maximum atomic E-state index is 10.8. The minimum absolute atomic E-state index is 0.0507. The Labute approximate surface area is 72.7 Å². The molecule has 0 radical (unpaired) electrons. The first-order chi connectivity index (χ1) is 5.61. The number of benzene rings is 1. The molecular formula is C8H8O3S. The van der Waals surface area contributed by atoms with Gasteiger partial charge >= 0.3 is 0 Å². The average molecular weight is 184 g/mol. The van der Waals surface area contributed by atoms with Gasteiger partial charge in [-0.1, -0.05) is 12.1 Å². The molecule has 12 heavy (non-hydrogen) atoms. The van der Waals surface area contributed by atoms with Gasteiger partial charge in [0.15, 0.2) is 16.9 Å². The first kappa shape index (κ1) is 9.09. The van der Waals surface area contributed by atoms with Crippen molar-refractivity contribution < 1.29 is 13.6 Å². The molecule has 3 nitrogen and oxygen atoms in total. The van der Waals surface area contributed by atoms with Gasteiger partial charge in [0, 0.05) is 5.56 Å². The summed E-state index contributed by atoms with van der Waals surface area (Å²) in [4.78, 5) is 11.1. The van der Waals surface area contributed by atoms with Gasteiger partial charge in [-0.05, 0) is 19.1 Å². The van der Waals surface area contributed by atoms with Crippen LogP contribution in [0.1, 0.15) is 17.3 Å². The highest BCUT2D eigenvalue weighted by Crippen LogP contribution is 2.07. The Hall–Kier alpha value is -1.00. The second-order valence-corrected chi connectivity index (χ2v) is 3.30. The van der Waals surface area contributed by atoms with Crippen molar-refractivity contribution in [1.82, 2.24) is 0 Å². The van der Waals surface area contributed by atoms with Gasteiger partial charge in [0.2, 0.25) is 0 Å². The van der Waals surface area contributed by atoms with Crippen molar-refractivity contribution in [2.45, 2.75) is 11.8 Å². The lowest BCUT2D eigenvalue weighted by atomic mass is 10.2. The molecule has 64 valence electrons. The maximum absolute atomic E-state index is 10.8. The van der Waals surface area contributed by atoms with Crippen LogP contribution in [0.2, 0.25) is 0 Å². The summed E-state index contributed by atoms with van der Waals surface area (Å²) in [6, 6.07) is 6.00. The van der Waals surface area contributed by atoms with Gasteiger partial charge in [-0.2, -0.15) is 0 Å². The molecule has 0 saturated heterocycles. The van der Waals surface area contributed by atoms with Gasteiger partial charge < -0.3 is 4.55 Å². The molecule has 0 heterocycles. The Bertz CT molecular complexity index is 283. The van der Waals surface area contributed by atoms with Gasteiger partial charge in [-0.3, -0.25) is 4.79 Å². The second kappa shape index (κ2) is 3.60. The van der Waals surface area contributed by atoms with Crippen molar-refractivity contribution in [3.63, 3.8) is 0 Å². The molecule has 1 unspecified atom stereocenters. The first-order valence-corrected chi connectivity index (χ1v) is 4.44. The van der Waals surface area contributed by atoms with E-state index >= 15 is 0 Å². The van der Waals surface area contributed by atoms with Crippen molar-refractivity contribution in [3.8, 4) is 0 Å². The minimum atomic E-state index is -1.96. The number of carbonyl (C=O) groups is 1. The molecule has 0 bridgehead atoms. The van der Waals surface area contributed by atoms with Gasteiger partial charge in [-0.15, -0.1) is 0 Å². The molecule has 0 fully saturated rings. The van der Waals surface area contributed by atoms with Crippen LogP contribution in [0.5, 0.6) is 0 Å². The average Bonchev–Trinajstić information content (AvgIpc) is 2.04. The van der Waals surface area contributed by atoms with Crippen molar-refractivity contribution >= 4 is 16.9 Å². The number of rotatable bonds is 2. The summed E-state index contributed by atoms with van der Waals surface area (Å²) < 4.78 is 19.1. The third-order valence-corrected chi connectivity index (χ3v) is 2.14. The lowest BCUT2D eigenvalue weighted by Gasteiger charge is -1.96. The Morgan fingerprint density at radius 3 is 2.17 bits per heavy atom. The fourth-order valence-electron chi connectivity index (χ4n) is 0.806. The second-order valence-electron chi connectivity index (χ2n) is 2.33. The molecule has 1 atom stereocenters. The Morgan fingerprint density at radius 1 is 1.33 bits per heavy atom. The summed E-state index contributed by atoms with van der Waals surface area (Å²) in [6.45, 7) is 1.45. The Kier molecular flexibility index (Phi) is 2.73. The molecule has 0 aromatic heterocycles. The molecule has 0 amide bonds. The molecule has 0 spiro atoms. The maximum Gasteiger partial charge on any atom is 0.186 e. The molecule has 4 heteroatoms. The third-order valence-electron chi connectivity index (χ3n) is 1.46. The van der Waals surface area contributed by atoms with Crippen LogP contribution < -0.4 is 0 Å². The summed E-state index contributed by atoms with van der Waals surface area (Å²) in [5.74, 6) is -0.0507. The predicted octanol–water partition coefficient (Wildman–Crippen LogP) is 1.47. The van der Waals surface area contributed by atoms with E-state index in [1.165, 1.54) is 31.2 Å². The van der Waals surface area contributed by atoms with Crippen molar-refractivity contribution in [2.75, 3.05) is 0 Å². The molecule has 1 aromatic rings. The van der Waals surface area contributed by atoms with E-state index < -0.39 is 11.1 Å². The largest absolute Gasteiger partial charge is 0.302 e. The van der Waals surface area contributed by atoms with Gasteiger partial charge in [-0.25, -0.2) is 4.21 Å². The molecule has 1 rings (SSSR count). The zero-order valence-corrected chi connectivity index (χ0v) is 7.30. The monoisotopic (exact) mass is 184 g/mol. The van der Waals surface area contributed by atoms with Crippen molar-refractivity contribution in [1.29, 1.82) is 0 Å². The lowest BCUT2D eigenvalue weighted by Crippen LogP contribution is -1.93. The molecule has 0 aliphatic heterocycles. The fraction of sp³-hybridized carbons (Fsp3) is 0.125. The molecule has 1 N–H and O–H groups in total. The van der Waals surface area contributed by atoms with Crippen molar-refractivity contribution in [3.05, 3.63) is 29.8 Å². The Balaban J connectivity index is 3.01. The van der Waals surface area contributed by atoms with Gasteiger partial charge in [0.25, 0.3) is 0 Å². The van der Waals surface area contributed by atoms with Gasteiger partial charge in [0.05, 0.1) is 4.90 Å². The van der Waals surface area contributed by atoms with E-state index in [0.717, 1.165) is 0 Å². The summed E-state index contributed by atoms with van der Waals surface area (Å²) >= 11 is -1.96. The quantitative estimate of drug-likeness (QED) is 0.559. The van der Waals surface area contributed by atoms with Crippen LogP contribution in [0.4, 0.5) is 0 Å². The molecular weight excluding hydrogens is 176 g/mol. The highest BCUT2D eigenvalue weighted by Gasteiger charge is 2.01. The van der Waals surface area contributed by atoms with E-state index in [1.807, 2.05) is 0 Å². The van der Waals surface area contributed by atoms with E-state index in [0.29, 0.717) is 10.5 Å². The summed E-state index contributed by atoms with van der Waals surface area (Å²) in [5, 5.41) is 0. The van der Waals surface area contributed by atoms with Crippen LogP contribution in [-0.2, 0) is 11.1 Å². The summed E-state index contributed by atoms with van der Waals surface area (Å²) in [6.07, 6.45) is 0. The number of carbonyl (C=O) groups excluding carboxylic acids is 1. The van der Waals surface area contributed by atoms with E-state index in [4.69, 9.17) is 4.55 Å². The van der Waals surface area contributed by atoms with Gasteiger partial charge in [0.1, 0.15) is 0 Å². The highest BCUT2D eigenvalue weighted by atomic mass is 32.2. The lowest BCUT2D eigenvalue weighted by molar-refractivity contribution is 0.101. The normalized spacial score (nSPS) is 12.5. The summed E-state index contributed by atoms with van der Waals surface area (Å²) in [7, 11) is 0. The number of hydrogen-bond acceptors (Lipinski definition) is 2. The fourth-order valence-corrected chi connectivity index (χ4v) is 1.17. The van der Waals surface area contributed by atoms with Crippen LogP contribution in [0.25, 0.3) is 0 Å². The van der Waals surface area contributed by atoms with Crippen LogP contribution in [0, 0.1) is 0 Å². The molecule has 0 aliphatic rings. The Morgan fingerprint density at radius 2 is 1.83 bits per heavy atom. The third kappa shape index (κ3) is 1.99. The smallest absolute Gasteiger partial charge is 0.186 e. The van der Waals surface area contributed by atoms with E-state index in [2.05, 4.69) is 0 Å². The van der Waals surface area contributed by atoms with Crippen LogP contribution >= 0.6 is 0 Å². The first-order valence-electron chi connectivity index (χ1n) is 3.33. The zero-order chi connectivity index (χ0) is 9.14. The van der Waals surface area contributed by atoms with Crippen molar-refractivity contribution in [2.24, 2.45) is 0 Å². The number of ketones is 1. The topological polar surface area (TPSA) is 54.4 Å². The van der Waals surface area contributed by atoms with Crippen LogP contribution in [0.15, 0.2) is 29.2 Å². The van der Waals surface area contributed by atoms with Crippen LogP contribution in [0.3, 0.4) is 0 Å². The van der Waals surface area contributed by atoms with E-state index in [1.54, 1.807) is 0 Å².